The molecule has 1 aromatic heterocycles. The molecule has 7 nitrogen and oxygen atoms in total. The van der Waals surface area contributed by atoms with Crippen LogP contribution in [0.3, 0.4) is 0 Å². The van der Waals surface area contributed by atoms with Crippen molar-refractivity contribution < 1.29 is 27.6 Å². The molecule has 0 unspecified atom stereocenters. The summed E-state index contributed by atoms with van der Waals surface area (Å²) in [6.45, 7) is 13.1. The number of likely N-dealkylation sites (tertiary alicyclic amines) is 1. The summed E-state index contributed by atoms with van der Waals surface area (Å²) in [4.78, 5) is 17.4. The Hall–Kier alpha value is -1.94. The van der Waals surface area contributed by atoms with Crippen molar-refractivity contribution >= 4 is 24.4 Å². The Bertz CT molecular complexity index is 815. The first-order chi connectivity index (χ1) is 14.2. The molecular formula is C21H32BF2N3O4. The number of pyridine rings is 1. The second kappa shape index (κ2) is 8.20. The Balaban J connectivity index is 1.66. The minimum absolute atomic E-state index is 0.0781. The first kappa shape index (κ1) is 23.7. The van der Waals surface area contributed by atoms with Gasteiger partial charge in [0.2, 0.25) is 5.95 Å². The van der Waals surface area contributed by atoms with E-state index in [1.165, 1.54) is 17.2 Å². The van der Waals surface area contributed by atoms with Crippen molar-refractivity contribution in [1.29, 1.82) is 0 Å². The molecule has 0 saturated carbocycles. The second-order valence-electron chi connectivity index (χ2n) is 10.2. The Kier molecular flexibility index (Phi) is 6.28. The maximum absolute atomic E-state index is 14.8. The van der Waals surface area contributed by atoms with E-state index >= 15 is 0 Å². The van der Waals surface area contributed by atoms with Gasteiger partial charge < -0.3 is 24.3 Å². The minimum Gasteiger partial charge on any atom is -0.444 e. The topological polar surface area (TPSA) is 72.9 Å². The molecule has 0 bridgehead atoms. The number of aromatic nitrogens is 1. The van der Waals surface area contributed by atoms with Gasteiger partial charge in [-0.2, -0.15) is 4.39 Å². The zero-order chi connectivity index (χ0) is 23.2. The smallest absolute Gasteiger partial charge is 0.444 e. The third-order valence-electron chi connectivity index (χ3n) is 5.92. The Morgan fingerprint density at radius 1 is 1.29 bits per heavy atom. The maximum Gasteiger partial charge on any atom is 0.499 e. The average Bonchev–Trinajstić information content (AvgIpc) is 2.84. The van der Waals surface area contributed by atoms with Crippen molar-refractivity contribution in [1.82, 2.24) is 9.88 Å². The third kappa shape index (κ3) is 5.28. The van der Waals surface area contributed by atoms with Gasteiger partial charge in [-0.1, -0.05) is 0 Å². The van der Waals surface area contributed by atoms with E-state index in [1.54, 1.807) is 20.8 Å². The summed E-state index contributed by atoms with van der Waals surface area (Å²) in [6, 6.07) is 0.995. The van der Waals surface area contributed by atoms with E-state index in [-0.39, 0.29) is 12.0 Å². The number of alkyl halides is 1. The van der Waals surface area contributed by atoms with E-state index in [0.717, 1.165) is 0 Å². The van der Waals surface area contributed by atoms with Gasteiger partial charge in [0.05, 0.1) is 35.7 Å². The van der Waals surface area contributed by atoms with Crippen LogP contribution < -0.4 is 10.8 Å². The van der Waals surface area contributed by atoms with Crippen molar-refractivity contribution in [3.05, 3.63) is 18.2 Å². The molecule has 0 aromatic carbocycles. The number of hydrogen-bond donors (Lipinski definition) is 1. The monoisotopic (exact) mass is 439 g/mol. The van der Waals surface area contributed by atoms with Crippen molar-refractivity contribution in [2.24, 2.45) is 0 Å². The van der Waals surface area contributed by atoms with Gasteiger partial charge in [-0.05, 0) is 61.0 Å². The Labute approximate surface area is 183 Å². The molecule has 1 aromatic rings. The average molecular weight is 439 g/mol. The van der Waals surface area contributed by atoms with Gasteiger partial charge in [-0.15, -0.1) is 0 Å². The Morgan fingerprint density at radius 2 is 1.90 bits per heavy atom. The van der Waals surface area contributed by atoms with Crippen molar-refractivity contribution in [2.75, 3.05) is 18.4 Å². The number of nitrogens with zero attached hydrogens (tertiary/aromatic N) is 2. The highest BCUT2D eigenvalue weighted by Gasteiger charge is 2.52. The predicted octanol–water partition coefficient (Wildman–Crippen LogP) is 3.28. The van der Waals surface area contributed by atoms with E-state index in [0.29, 0.717) is 18.7 Å². The van der Waals surface area contributed by atoms with Crippen LogP contribution in [0.25, 0.3) is 0 Å². The van der Waals surface area contributed by atoms with E-state index in [9.17, 15) is 13.6 Å². The van der Waals surface area contributed by atoms with Crippen LogP contribution >= 0.6 is 0 Å². The van der Waals surface area contributed by atoms with Crippen LogP contribution in [0.1, 0.15) is 54.9 Å². The van der Waals surface area contributed by atoms with Gasteiger partial charge in [0.25, 0.3) is 0 Å². The number of amides is 1. The highest BCUT2D eigenvalue weighted by Crippen LogP contribution is 2.36. The van der Waals surface area contributed by atoms with Crippen LogP contribution in [0.2, 0.25) is 0 Å². The lowest BCUT2D eigenvalue weighted by atomic mass is 9.79. The molecule has 10 heteroatoms. The minimum atomic E-state index is -1.31. The SMILES string of the molecule is CC(C)(C)OC(=O)N1CC[C@H](Nc2cnc(F)c(B3OC(C)(C)C(C)(C)O3)c2)[C@H](F)C1. The van der Waals surface area contributed by atoms with Gasteiger partial charge in [0, 0.05) is 12.0 Å². The summed E-state index contributed by atoms with van der Waals surface area (Å²) in [6.07, 6.45) is -0.146. The lowest BCUT2D eigenvalue weighted by Gasteiger charge is -2.36. The fraction of sp³-hybridized carbons (Fsp3) is 0.714. The molecule has 2 aliphatic heterocycles. The number of piperidine rings is 1. The summed E-state index contributed by atoms with van der Waals surface area (Å²) in [5.41, 5.74) is -1.26. The fourth-order valence-electron chi connectivity index (χ4n) is 3.45. The predicted molar refractivity (Wildman–Crippen MR) is 115 cm³/mol. The molecule has 1 N–H and O–H groups in total. The van der Waals surface area contributed by atoms with E-state index in [1.807, 2.05) is 27.7 Å². The van der Waals surface area contributed by atoms with E-state index in [2.05, 4.69) is 10.3 Å². The summed E-state index contributed by atoms with van der Waals surface area (Å²) in [7, 11) is -0.908. The van der Waals surface area contributed by atoms with Crippen LogP contribution in [-0.4, -0.2) is 65.2 Å². The number of anilines is 1. The van der Waals surface area contributed by atoms with E-state index < -0.39 is 48.2 Å². The highest BCUT2D eigenvalue weighted by atomic mass is 19.1. The van der Waals surface area contributed by atoms with Gasteiger partial charge >= 0.3 is 13.2 Å². The van der Waals surface area contributed by atoms with Crippen LogP contribution in [0.4, 0.5) is 19.3 Å². The first-order valence-corrected chi connectivity index (χ1v) is 10.6. The third-order valence-corrected chi connectivity index (χ3v) is 5.92. The molecule has 0 aliphatic carbocycles. The number of carbonyl (C=O) groups excluding carboxylic acids is 1. The number of carbonyl (C=O) groups is 1. The van der Waals surface area contributed by atoms with Gasteiger partial charge in [-0.25, -0.2) is 14.2 Å². The summed E-state index contributed by atoms with van der Waals surface area (Å²) < 4.78 is 46.4. The number of ether oxygens (including phenoxy) is 1. The molecule has 2 saturated heterocycles. The van der Waals surface area contributed by atoms with Gasteiger partial charge in [0.15, 0.2) is 0 Å². The normalized spacial score (nSPS) is 25.5. The lowest BCUT2D eigenvalue weighted by molar-refractivity contribution is 0.00578. The fourth-order valence-corrected chi connectivity index (χ4v) is 3.45. The molecule has 0 radical (unpaired) electrons. The first-order valence-electron chi connectivity index (χ1n) is 10.6. The Morgan fingerprint density at radius 3 is 2.45 bits per heavy atom. The highest BCUT2D eigenvalue weighted by molar-refractivity contribution is 6.62. The number of hydrogen-bond acceptors (Lipinski definition) is 6. The molecule has 2 aliphatic rings. The zero-order valence-corrected chi connectivity index (χ0v) is 19.3. The molecule has 0 spiro atoms. The summed E-state index contributed by atoms with van der Waals surface area (Å²) in [5, 5.41) is 3.08. The summed E-state index contributed by atoms with van der Waals surface area (Å²) >= 11 is 0. The molecular weight excluding hydrogens is 407 g/mol. The molecule has 1 amide bonds. The molecule has 172 valence electrons. The zero-order valence-electron chi connectivity index (χ0n) is 19.3. The van der Waals surface area contributed by atoms with Gasteiger partial charge in [-0.3, -0.25) is 0 Å². The van der Waals surface area contributed by atoms with Gasteiger partial charge in [0.1, 0.15) is 11.8 Å². The van der Waals surface area contributed by atoms with E-state index in [4.69, 9.17) is 14.0 Å². The molecule has 31 heavy (non-hydrogen) atoms. The van der Waals surface area contributed by atoms with Crippen LogP contribution in [0, 0.1) is 5.95 Å². The molecule has 3 heterocycles. The van der Waals surface area contributed by atoms with Crippen LogP contribution in [-0.2, 0) is 14.0 Å². The molecule has 2 fully saturated rings. The number of halogens is 2. The lowest BCUT2D eigenvalue weighted by Crippen LogP contribution is -2.51. The van der Waals surface area contributed by atoms with Crippen LogP contribution in [0.15, 0.2) is 12.3 Å². The molecule has 2 atom stereocenters. The number of nitrogens with one attached hydrogen (secondary N) is 1. The summed E-state index contributed by atoms with van der Waals surface area (Å²) in [5.74, 6) is -0.694. The van der Waals surface area contributed by atoms with Crippen molar-refractivity contribution in [3.8, 4) is 0 Å². The standard InChI is InChI=1S/C21H32BF2N3O4/c1-19(2,3)29-18(28)27-9-8-16(15(23)12-27)26-13-10-14(17(24)25-11-13)22-30-20(4,5)21(6,7)31-22/h10-11,15-16,26H,8-9,12H2,1-7H3/t15-,16+/m1/s1. The largest absolute Gasteiger partial charge is 0.499 e. The van der Waals surface area contributed by atoms with Crippen molar-refractivity contribution in [2.45, 2.75) is 83.9 Å². The van der Waals surface area contributed by atoms with Crippen molar-refractivity contribution in [3.63, 3.8) is 0 Å². The quantitative estimate of drug-likeness (QED) is 0.576. The number of rotatable bonds is 3. The second-order valence-corrected chi connectivity index (χ2v) is 10.2. The maximum atomic E-state index is 14.8. The molecule has 3 rings (SSSR count). The van der Waals surface area contributed by atoms with Crippen LogP contribution in [0.5, 0.6) is 0 Å².